The highest BCUT2D eigenvalue weighted by Crippen LogP contribution is 1.99. The molecule has 3 nitrogen and oxygen atoms in total. The highest BCUT2D eigenvalue weighted by molar-refractivity contribution is 5.85. The van der Waals surface area contributed by atoms with Gasteiger partial charge in [-0.15, -0.1) is 12.4 Å². The van der Waals surface area contributed by atoms with Gasteiger partial charge in [-0.25, -0.2) is 0 Å². The van der Waals surface area contributed by atoms with E-state index in [9.17, 15) is 0 Å². The largest absolute Gasteiger partial charge is 1.00 e. The van der Waals surface area contributed by atoms with Crippen molar-refractivity contribution >= 4 is 12.4 Å². The molecule has 0 rings (SSSR count). The van der Waals surface area contributed by atoms with E-state index in [0.29, 0.717) is 0 Å². The number of likely N-dealkylation sites (N-methyl/N-ethyl adjacent to an activating group) is 3. The van der Waals surface area contributed by atoms with Crippen molar-refractivity contribution in [2.75, 3.05) is 74.5 Å². The van der Waals surface area contributed by atoms with E-state index in [1.165, 1.54) is 39.3 Å². The maximum Gasteiger partial charge on any atom is 0.0911 e. The third-order valence-electron chi connectivity index (χ3n) is 3.89. The van der Waals surface area contributed by atoms with Gasteiger partial charge in [0.25, 0.3) is 0 Å². The van der Waals surface area contributed by atoms with Crippen LogP contribution >= 0.6 is 12.4 Å². The second-order valence-corrected chi connectivity index (χ2v) is 6.25. The van der Waals surface area contributed by atoms with Gasteiger partial charge in [-0.3, -0.25) is 4.90 Å². The number of quaternary nitrogens is 2. The van der Waals surface area contributed by atoms with E-state index in [-0.39, 0.29) is 46.4 Å². The Kier molecular flexibility index (Phi) is 19.1. The molecular weight excluding hydrogens is 393 g/mol. The van der Waals surface area contributed by atoms with Crippen molar-refractivity contribution in [3.05, 3.63) is 0 Å². The first kappa shape index (κ1) is 28.3. The second-order valence-electron chi connectivity index (χ2n) is 6.25. The average molecular weight is 428 g/mol. The number of hydrogen-bond donors (Lipinski definition) is 0. The zero-order valence-electron chi connectivity index (χ0n) is 13.7. The molecule has 6 heteroatoms. The lowest BCUT2D eigenvalue weighted by atomic mass is 10.4. The summed E-state index contributed by atoms with van der Waals surface area (Å²) < 4.78 is 2.24. The minimum Gasteiger partial charge on any atom is -1.00 e. The number of nitrogens with zero attached hydrogens (tertiary/aromatic N) is 3. The lowest BCUT2D eigenvalue weighted by Gasteiger charge is -2.32. The number of halogens is 3. The van der Waals surface area contributed by atoms with Gasteiger partial charge >= 0.3 is 0 Å². The quantitative estimate of drug-likeness (QED) is 0.353. The van der Waals surface area contributed by atoms with Crippen LogP contribution in [0.25, 0.3) is 0 Å². The molecule has 0 amide bonds. The summed E-state index contributed by atoms with van der Waals surface area (Å²) in [5.41, 5.74) is 0. The van der Waals surface area contributed by atoms with E-state index in [1.807, 2.05) is 0 Å². The molecule has 0 aromatic carbocycles. The first-order valence-corrected chi connectivity index (χ1v) is 6.55. The lowest BCUT2D eigenvalue weighted by molar-refractivity contribution is -0.890. The predicted molar refractivity (Wildman–Crippen MR) is 79.8 cm³/mol. The van der Waals surface area contributed by atoms with E-state index >= 15 is 0 Å². The molecule has 0 aliphatic heterocycles. The smallest absolute Gasteiger partial charge is 0.0911 e. The molecule has 0 N–H and O–H groups in total. The summed E-state index contributed by atoms with van der Waals surface area (Å²) in [6, 6.07) is 0. The summed E-state index contributed by atoms with van der Waals surface area (Å²) in [4.78, 5) is 2.46. The van der Waals surface area contributed by atoms with Crippen molar-refractivity contribution in [1.82, 2.24) is 4.90 Å². The minimum absolute atomic E-state index is 0. The maximum atomic E-state index is 2.46. The summed E-state index contributed by atoms with van der Waals surface area (Å²) in [6.07, 6.45) is 0. The van der Waals surface area contributed by atoms with Gasteiger partial charge in [-0.2, -0.15) is 0 Å². The number of hydrogen-bond acceptors (Lipinski definition) is 1. The molecule has 0 aromatic rings. The topological polar surface area (TPSA) is 3.24 Å². The van der Waals surface area contributed by atoms with Gasteiger partial charge in [0, 0.05) is 13.1 Å². The molecule has 0 atom stereocenters. The molecule has 0 fully saturated rings. The minimum atomic E-state index is 0. The molecule has 0 bridgehead atoms. The van der Waals surface area contributed by atoms with Crippen molar-refractivity contribution in [2.24, 2.45) is 0 Å². The first-order valence-electron chi connectivity index (χ1n) is 6.55. The Morgan fingerprint density at radius 1 is 0.737 bits per heavy atom. The van der Waals surface area contributed by atoms with Gasteiger partial charge in [0.15, 0.2) is 0 Å². The SMILES string of the molecule is CC[N+](C)(C)CCN(C)CC[N+](C)(C)CC.Cl.[Br-].[Br-]. The van der Waals surface area contributed by atoms with Crippen LogP contribution in [-0.2, 0) is 0 Å². The molecule has 0 aromatic heterocycles. The van der Waals surface area contributed by atoms with Crippen LogP contribution < -0.4 is 34.0 Å². The normalized spacial score (nSPS) is 11.4. The van der Waals surface area contributed by atoms with E-state index < -0.39 is 0 Å². The van der Waals surface area contributed by atoms with Crippen molar-refractivity contribution in [3.8, 4) is 0 Å². The van der Waals surface area contributed by atoms with E-state index in [0.717, 1.165) is 8.97 Å². The zero-order valence-corrected chi connectivity index (χ0v) is 17.7. The molecule has 0 radical (unpaired) electrons. The molecular formula is C13H34Br2ClN3. The molecule has 122 valence electrons. The fraction of sp³-hybridized carbons (Fsp3) is 1.00. The summed E-state index contributed by atoms with van der Waals surface area (Å²) >= 11 is 0. The summed E-state index contributed by atoms with van der Waals surface area (Å²) in [5, 5.41) is 0. The van der Waals surface area contributed by atoms with Crippen LogP contribution in [0.4, 0.5) is 0 Å². The Hall–Kier alpha value is 1.13. The Bertz CT molecular complexity index is 182. The van der Waals surface area contributed by atoms with Crippen LogP contribution in [0.1, 0.15) is 13.8 Å². The molecule has 0 heterocycles. The van der Waals surface area contributed by atoms with Crippen molar-refractivity contribution in [2.45, 2.75) is 13.8 Å². The van der Waals surface area contributed by atoms with E-state index in [1.54, 1.807) is 0 Å². The van der Waals surface area contributed by atoms with Gasteiger partial charge < -0.3 is 42.9 Å². The lowest BCUT2D eigenvalue weighted by Crippen LogP contribution is -3.00. The van der Waals surface area contributed by atoms with Gasteiger partial charge in [0.05, 0.1) is 54.4 Å². The highest BCUT2D eigenvalue weighted by Gasteiger charge is 2.15. The van der Waals surface area contributed by atoms with Gasteiger partial charge in [0.1, 0.15) is 0 Å². The molecule has 19 heavy (non-hydrogen) atoms. The third-order valence-corrected chi connectivity index (χ3v) is 3.89. The Labute approximate surface area is 148 Å². The average Bonchev–Trinajstić information content (AvgIpc) is 2.24. The summed E-state index contributed by atoms with van der Waals surface area (Å²) in [5.74, 6) is 0. The molecule has 0 saturated carbocycles. The molecule has 0 aliphatic carbocycles. The Morgan fingerprint density at radius 3 is 1.21 bits per heavy atom. The zero-order chi connectivity index (χ0) is 12.8. The fourth-order valence-electron chi connectivity index (χ4n) is 1.31. The van der Waals surface area contributed by atoms with Gasteiger partial charge in [-0.05, 0) is 20.9 Å². The van der Waals surface area contributed by atoms with Crippen molar-refractivity contribution in [3.63, 3.8) is 0 Å². The molecule has 0 spiro atoms. The predicted octanol–water partition coefficient (Wildman–Crippen LogP) is -4.46. The van der Waals surface area contributed by atoms with Gasteiger partial charge in [-0.1, -0.05) is 0 Å². The third kappa shape index (κ3) is 15.3. The Morgan fingerprint density at radius 2 is 1.00 bits per heavy atom. The van der Waals surface area contributed by atoms with Crippen LogP contribution in [0.2, 0.25) is 0 Å². The van der Waals surface area contributed by atoms with Crippen LogP contribution in [0, 0.1) is 0 Å². The first-order chi connectivity index (χ1) is 7.22. The summed E-state index contributed by atoms with van der Waals surface area (Å²) in [7, 11) is 11.5. The second kappa shape index (κ2) is 12.8. The maximum absolute atomic E-state index is 2.46. The van der Waals surface area contributed by atoms with Crippen LogP contribution in [0.3, 0.4) is 0 Å². The van der Waals surface area contributed by atoms with Gasteiger partial charge in [0.2, 0.25) is 0 Å². The van der Waals surface area contributed by atoms with Crippen LogP contribution in [-0.4, -0.2) is 88.4 Å². The summed E-state index contributed by atoms with van der Waals surface area (Å²) in [6.45, 7) is 11.8. The van der Waals surface area contributed by atoms with Crippen LogP contribution in [0.5, 0.6) is 0 Å². The molecule has 0 aliphatic rings. The highest BCUT2D eigenvalue weighted by atomic mass is 79.9. The van der Waals surface area contributed by atoms with Crippen molar-refractivity contribution < 1.29 is 42.9 Å². The standard InChI is InChI=1S/C13H33N3.2BrH.ClH/c1-8-15(4,5)12-10-14(3)11-13-16(6,7)9-2;;;/h8-13H2,1-7H3;3*1H/q+2;;;/p-2. The van der Waals surface area contributed by atoms with Crippen molar-refractivity contribution in [1.29, 1.82) is 0 Å². The molecule has 0 unspecified atom stereocenters. The van der Waals surface area contributed by atoms with E-state index in [2.05, 4.69) is 54.0 Å². The monoisotopic (exact) mass is 425 g/mol. The van der Waals surface area contributed by atoms with Crippen LogP contribution in [0.15, 0.2) is 0 Å². The van der Waals surface area contributed by atoms with E-state index in [4.69, 9.17) is 0 Å². The number of rotatable bonds is 8. The Balaban J connectivity index is -0.000000375. The molecule has 0 saturated heterocycles. The fourth-order valence-corrected chi connectivity index (χ4v) is 1.31.